The van der Waals surface area contributed by atoms with Crippen molar-refractivity contribution in [1.29, 1.82) is 0 Å². The van der Waals surface area contributed by atoms with Gasteiger partial charge in [0, 0.05) is 25.4 Å². The van der Waals surface area contributed by atoms with Gasteiger partial charge in [-0.05, 0) is 20.2 Å². The van der Waals surface area contributed by atoms with Crippen molar-refractivity contribution in [1.82, 2.24) is 14.7 Å². The van der Waals surface area contributed by atoms with E-state index in [2.05, 4.69) is 11.2 Å². The van der Waals surface area contributed by atoms with E-state index in [1.165, 1.54) is 0 Å². The molecule has 0 saturated carbocycles. The molecule has 1 unspecified atom stereocenters. The fraction of sp³-hybridized carbons (Fsp3) is 0.462. The van der Waals surface area contributed by atoms with Crippen molar-refractivity contribution < 1.29 is 5.11 Å². The Labute approximate surface area is 101 Å². The first kappa shape index (κ1) is 12.1. The second-order valence-corrected chi connectivity index (χ2v) is 4.71. The first-order valence-corrected chi connectivity index (χ1v) is 5.81. The molecule has 0 aliphatic rings. The Hall–Kier alpha value is -1.39. The molecule has 0 saturated heterocycles. The van der Waals surface area contributed by atoms with Gasteiger partial charge in [-0.1, -0.05) is 18.2 Å². The van der Waals surface area contributed by atoms with E-state index in [4.69, 9.17) is 0 Å². The molecular formula is C13H19N3O. The molecule has 0 aliphatic heterocycles. The summed E-state index contributed by atoms with van der Waals surface area (Å²) in [5.74, 6) is 0. The highest BCUT2D eigenvalue weighted by molar-refractivity contribution is 5.81. The van der Waals surface area contributed by atoms with E-state index in [1.54, 1.807) is 0 Å². The number of hydrogen-bond acceptors (Lipinski definition) is 3. The van der Waals surface area contributed by atoms with E-state index < -0.39 is 0 Å². The SMILES string of the molecule is CN(C)CC(O)Cc1nn(C)c2ccccc12. The summed E-state index contributed by atoms with van der Waals surface area (Å²) in [6, 6.07) is 8.11. The van der Waals surface area contributed by atoms with Crippen LogP contribution < -0.4 is 0 Å². The molecule has 92 valence electrons. The van der Waals surface area contributed by atoms with E-state index in [0.29, 0.717) is 13.0 Å². The monoisotopic (exact) mass is 233 g/mol. The van der Waals surface area contributed by atoms with Crippen LogP contribution in [0.15, 0.2) is 24.3 Å². The number of likely N-dealkylation sites (N-methyl/N-ethyl adjacent to an activating group) is 1. The Morgan fingerprint density at radius 2 is 2.06 bits per heavy atom. The van der Waals surface area contributed by atoms with Gasteiger partial charge in [-0.3, -0.25) is 4.68 Å². The van der Waals surface area contributed by atoms with Crippen LogP contribution in [0, 0.1) is 0 Å². The van der Waals surface area contributed by atoms with Gasteiger partial charge in [0.1, 0.15) is 0 Å². The summed E-state index contributed by atoms with van der Waals surface area (Å²) in [6.07, 6.45) is 0.225. The predicted molar refractivity (Wildman–Crippen MR) is 69.0 cm³/mol. The second-order valence-electron chi connectivity index (χ2n) is 4.71. The quantitative estimate of drug-likeness (QED) is 0.858. The molecule has 1 aromatic carbocycles. The van der Waals surface area contributed by atoms with Crippen molar-refractivity contribution in [2.24, 2.45) is 7.05 Å². The molecule has 4 heteroatoms. The van der Waals surface area contributed by atoms with Crippen molar-refractivity contribution >= 4 is 10.9 Å². The lowest BCUT2D eigenvalue weighted by atomic mass is 10.1. The van der Waals surface area contributed by atoms with E-state index in [0.717, 1.165) is 16.6 Å². The van der Waals surface area contributed by atoms with Crippen molar-refractivity contribution in [3.8, 4) is 0 Å². The Balaban J connectivity index is 2.24. The van der Waals surface area contributed by atoms with Crippen LogP contribution in [-0.2, 0) is 13.5 Å². The lowest BCUT2D eigenvalue weighted by Gasteiger charge is -2.14. The fourth-order valence-electron chi connectivity index (χ4n) is 2.15. The number of para-hydroxylation sites is 1. The van der Waals surface area contributed by atoms with Gasteiger partial charge >= 0.3 is 0 Å². The minimum Gasteiger partial charge on any atom is -0.391 e. The lowest BCUT2D eigenvalue weighted by Crippen LogP contribution is -2.27. The molecule has 1 heterocycles. The first-order valence-electron chi connectivity index (χ1n) is 5.81. The molecule has 1 atom stereocenters. The molecule has 17 heavy (non-hydrogen) atoms. The second kappa shape index (κ2) is 4.85. The van der Waals surface area contributed by atoms with Crippen molar-refractivity contribution in [2.75, 3.05) is 20.6 Å². The van der Waals surface area contributed by atoms with Crippen LogP contribution >= 0.6 is 0 Å². The summed E-state index contributed by atoms with van der Waals surface area (Å²) in [7, 11) is 5.85. The topological polar surface area (TPSA) is 41.3 Å². The smallest absolute Gasteiger partial charge is 0.0729 e. The first-order chi connectivity index (χ1) is 8.08. The zero-order chi connectivity index (χ0) is 12.4. The minimum atomic E-state index is -0.372. The van der Waals surface area contributed by atoms with Crippen LogP contribution in [0.4, 0.5) is 0 Å². The van der Waals surface area contributed by atoms with Crippen LogP contribution in [0.25, 0.3) is 10.9 Å². The van der Waals surface area contributed by atoms with E-state index in [1.807, 2.05) is 48.9 Å². The van der Waals surface area contributed by atoms with Crippen molar-refractivity contribution in [3.05, 3.63) is 30.0 Å². The average Bonchev–Trinajstić information content (AvgIpc) is 2.55. The van der Waals surface area contributed by atoms with Gasteiger partial charge in [0.15, 0.2) is 0 Å². The highest BCUT2D eigenvalue weighted by Gasteiger charge is 2.13. The van der Waals surface area contributed by atoms with Crippen LogP contribution in [0.3, 0.4) is 0 Å². The number of nitrogens with zero attached hydrogens (tertiary/aromatic N) is 3. The summed E-state index contributed by atoms with van der Waals surface area (Å²) >= 11 is 0. The third kappa shape index (κ3) is 2.65. The normalized spacial score (nSPS) is 13.5. The minimum absolute atomic E-state index is 0.372. The molecular weight excluding hydrogens is 214 g/mol. The van der Waals surface area contributed by atoms with E-state index in [-0.39, 0.29) is 6.10 Å². The Kier molecular flexibility index (Phi) is 3.45. The fourth-order valence-corrected chi connectivity index (χ4v) is 2.15. The maximum Gasteiger partial charge on any atom is 0.0729 e. The molecule has 1 aromatic heterocycles. The molecule has 0 aliphatic carbocycles. The summed E-state index contributed by atoms with van der Waals surface area (Å²) < 4.78 is 1.87. The van der Waals surface area contributed by atoms with Gasteiger partial charge in [0.05, 0.1) is 17.3 Å². The lowest BCUT2D eigenvalue weighted by molar-refractivity contribution is 0.136. The molecule has 4 nitrogen and oxygen atoms in total. The molecule has 0 fully saturated rings. The molecule has 1 N–H and O–H groups in total. The highest BCUT2D eigenvalue weighted by Crippen LogP contribution is 2.18. The van der Waals surface area contributed by atoms with Gasteiger partial charge in [-0.15, -0.1) is 0 Å². The number of fused-ring (bicyclic) bond motifs is 1. The number of aliphatic hydroxyl groups is 1. The summed E-state index contributed by atoms with van der Waals surface area (Å²) in [5, 5.41) is 15.6. The number of benzene rings is 1. The number of aryl methyl sites for hydroxylation is 1. The zero-order valence-corrected chi connectivity index (χ0v) is 10.6. The van der Waals surface area contributed by atoms with Crippen molar-refractivity contribution in [2.45, 2.75) is 12.5 Å². The van der Waals surface area contributed by atoms with Gasteiger partial charge in [-0.2, -0.15) is 5.10 Å². The van der Waals surface area contributed by atoms with Crippen molar-refractivity contribution in [3.63, 3.8) is 0 Å². The van der Waals surface area contributed by atoms with Gasteiger partial charge in [0.25, 0.3) is 0 Å². The van der Waals surface area contributed by atoms with Crippen LogP contribution in [0.1, 0.15) is 5.69 Å². The van der Waals surface area contributed by atoms with Crippen LogP contribution in [0.5, 0.6) is 0 Å². The Morgan fingerprint density at radius 1 is 1.35 bits per heavy atom. The molecule has 2 rings (SSSR count). The third-order valence-corrected chi connectivity index (χ3v) is 2.84. The summed E-state index contributed by atoms with van der Waals surface area (Å²) in [5.41, 5.74) is 2.08. The molecule has 0 amide bonds. The molecule has 0 spiro atoms. The maximum absolute atomic E-state index is 9.95. The predicted octanol–water partition coefficient (Wildman–Crippen LogP) is 1.04. The molecule has 0 radical (unpaired) electrons. The van der Waals surface area contributed by atoms with Gasteiger partial charge in [0.2, 0.25) is 0 Å². The third-order valence-electron chi connectivity index (χ3n) is 2.84. The standard InChI is InChI=1S/C13H19N3O/c1-15(2)9-10(17)8-12-11-6-4-5-7-13(11)16(3)14-12/h4-7,10,17H,8-9H2,1-3H3. The maximum atomic E-state index is 9.95. The Bertz CT molecular complexity index is 504. The van der Waals surface area contributed by atoms with Crippen LogP contribution in [0.2, 0.25) is 0 Å². The number of aliphatic hydroxyl groups excluding tert-OH is 1. The zero-order valence-electron chi connectivity index (χ0n) is 10.6. The number of aromatic nitrogens is 2. The largest absolute Gasteiger partial charge is 0.391 e. The van der Waals surface area contributed by atoms with E-state index >= 15 is 0 Å². The van der Waals surface area contributed by atoms with E-state index in [9.17, 15) is 5.11 Å². The summed E-state index contributed by atoms with van der Waals surface area (Å²) in [4.78, 5) is 1.98. The van der Waals surface area contributed by atoms with Crippen LogP contribution in [-0.4, -0.2) is 46.5 Å². The number of hydrogen-bond donors (Lipinski definition) is 1. The summed E-state index contributed by atoms with van der Waals surface area (Å²) in [6.45, 7) is 0.658. The molecule has 2 aromatic rings. The average molecular weight is 233 g/mol. The highest BCUT2D eigenvalue weighted by atomic mass is 16.3. The van der Waals surface area contributed by atoms with Gasteiger partial charge in [-0.25, -0.2) is 0 Å². The van der Waals surface area contributed by atoms with Gasteiger partial charge < -0.3 is 10.0 Å². The Morgan fingerprint density at radius 3 is 2.76 bits per heavy atom. The number of rotatable bonds is 4. The molecule has 0 bridgehead atoms.